The molecule has 3 rings (SSSR count). The molecule has 0 amide bonds. The zero-order chi connectivity index (χ0) is 15.9. The number of hydrogen-bond acceptors (Lipinski definition) is 2. The Morgan fingerprint density at radius 2 is 1.78 bits per heavy atom. The molecule has 1 N–H and O–H groups in total. The number of fused-ring (bicyclic) bond motifs is 1. The number of nitrogens with one attached hydrogen (secondary N) is 1. The third-order valence-corrected chi connectivity index (χ3v) is 5.40. The van der Waals surface area contributed by atoms with Crippen LogP contribution < -0.4 is 5.32 Å². The van der Waals surface area contributed by atoms with Crippen molar-refractivity contribution in [2.75, 3.05) is 11.9 Å². The number of unbranched alkanes of at least 4 members (excludes halogenated alkanes) is 2. The van der Waals surface area contributed by atoms with Crippen LogP contribution in [0.25, 0.3) is 10.9 Å². The number of aromatic nitrogens is 1. The zero-order valence-corrected chi connectivity index (χ0v) is 14.4. The second-order valence-corrected chi connectivity index (χ2v) is 7.14. The molecule has 1 fully saturated rings. The predicted octanol–water partition coefficient (Wildman–Crippen LogP) is 6.03. The summed E-state index contributed by atoms with van der Waals surface area (Å²) in [7, 11) is 0. The summed E-state index contributed by atoms with van der Waals surface area (Å²) >= 11 is 0. The largest absolute Gasteiger partial charge is 0.383 e. The van der Waals surface area contributed by atoms with Crippen molar-refractivity contribution in [1.82, 2.24) is 4.98 Å². The van der Waals surface area contributed by atoms with Crippen LogP contribution in [-0.4, -0.2) is 11.5 Å². The Bertz CT molecular complexity index is 594. The zero-order valence-electron chi connectivity index (χ0n) is 14.4. The van der Waals surface area contributed by atoms with Crippen LogP contribution in [0.3, 0.4) is 0 Å². The molecule has 1 aliphatic carbocycles. The molecular weight excluding hydrogens is 280 g/mol. The van der Waals surface area contributed by atoms with Crippen molar-refractivity contribution >= 4 is 16.6 Å². The average Bonchev–Trinajstić information content (AvgIpc) is 2.61. The Kier molecular flexibility index (Phi) is 5.90. The number of nitrogens with zero attached hydrogens (tertiary/aromatic N) is 1. The van der Waals surface area contributed by atoms with E-state index in [1.807, 2.05) is 12.3 Å². The summed E-state index contributed by atoms with van der Waals surface area (Å²) < 4.78 is 0. The van der Waals surface area contributed by atoms with Crippen molar-refractivity contribution in [2.45, 2.75) is 58.3 Å². The molecule has 0 atom stereocenters. The summed E-state index contributed by atoms with van der Waals surface area (Å²) in [6, 6.07) is 10.6. The first-order chi connectivity index (χ1) is 11.4. The van der Waals surface area contributed by atoms with E-state index in [2.05, 4.69) is 41.5 Å². The van der Waals surface area contributed by atoms with Crippen LogP contribution in [0.4, 0.5) is 5.69 Å². The molecule has 2 nitrogen and oxygen atoms in total. The van der Waals surface area contributed by atoms with Gasteiger partial charge in [0.25, 0.3) is 0 Å². The van der Waals surface area contributed by atoms with Gasteiger partial charge in [0.1, 0.15) is 0 Å². The lowest BCUT2D eigenvalue weighted by molar-refractivity contribution is 0.266. The molecule has 124 valence electrons. The van der Waals surface area contributed by atoms with Crippen LogP contribution in [0.15, 0.2) is 36.5 Å². The highest BCUT2D eigenvalue weighted by Crippen LogP contribution is 2.32. The molecule has 0 unspecified atom stereocenters. The molecule has 0 saturated heterocycles. The average molecular weight is 310 g/mol. The summed E-state index contributed by atoms with van der Waals surface area (Å²) in [5.41, 5.74) is 2.29. The maximum Gasteiger partial charge on any atom is 0.0933 e. The van der Waals surface area contributed by atoms with Crippen molar-refractivity contribution < 1.29 is 0 Å². The number of benzene rings is 1. The molecule has 1 aliphatic rings. The fourth-order valence-electron chi connectivity index (χ4n) is 3.91. The van der Waals surface area contributed by atoms with Crippen molar-refractivity contribution in [3.8, 4) is 0 Å². The third-order valence-electron chi connectivity index (χ3n) is 5.40. The number of rotatable bonds is 7. The molecule has 0 aliphatic heterocycles. The van der Waals surface area contributed by atoms with Gasteiger partial charge >= 0.3 is 0 Å². The van der Waals surface area contributed by atoms with Gasteiger partial charge < -0.3 is 5.32 Å². The van der Waals surface area contributed by atoms with E-state index in [0.717, 1.165) is 23.9 Å². The van der Waals surface area contributed by atoms with E-state index in [9.17, 15) is 0 Å². The minimum absolute atomic E-state index is 0.830. The number of para-hydroxylation sites is 1. The topological polar surface area (TPSA) is 24.9 Å². The quantitative estimate of drug-likeness (QED) is 0.631. The SMILES string of the molecule is CCCCCC1CCC(CNc2cccc3cccnc23)CC1. The van der Waals surface area contributed by atoms with E-state index in [1.165, 1.54) is 62.4 Å². The van der Waals surface area contributed by atoms with Gasteiger partial charge in [-0.15, -0.1) is 0 Å². The van der Waals surface area contributed by atoms with E-state index >= 15 is 0 Å². The van der Waals surface area contributed by atoms with Crippen molar-refractivity contribution in [1.29, 1.82) is 0 Å². The Hall–Kier alpha value is -1.57. The molecule has 0 spiro atoms. The van der Waals surface area contributed by atoms with Gasteiger partial charge in [-0.05, 0) is 36.8 Å². The van der Waals surface area contributed by atoms with E-state index in [4.69, 9.17) is 0 Å². The number of pyridine rings is 1. The van der Waals surface area contributed by atoms with Crippen LogP contribution >= 0.6 is 0 Å². The van der Waals surface area contributed by atoms with Crippen LogP contribution in [0.5, 0.6) is 0 Å². The molecule has 2 heteroatoms. The van der Waals surface area contributed by atoms with Crippen LogP contribution in [0, 0.1) is 11.8 Å². The second-order valence-electron chi connectivity index (χ2n) is 7.14. The van der Waals surface area contributed by atoms with Crippen LogP contribution in [0.2, 0.25) is 0 Å². The molecule has 0 bridgehead atoms. The lowest BCUT2D eigenvalue weighted by Crippen LogP contribution is -2.21. The fraction of sp³-hybridized carbons (Fsp3) is 0.571. The molecule has 1 heterocycles. The lowest BCUT2D eigenvalue weighted by atomic mass is 9.79. The minimum atomic E-state index is 0.830. The van der Waals surface area contributed by atoms with Gasteiger partial charge in [-0.1, -0.05) is 63.6 Å². The predicted molar refractivity (Wildman–Crippen MR) is 99.8 cm³/mol. The van der Waals surface area contributed by atoms with E-state index in [1.54, 1.807) is 0 Å². The normalized spacial score (nSPS) is 21.4. The van der Waals surface area contributed by atoms with Gasteiger partial charge in [0, 0.05) is 18.1 Å². The second kappa shape index (κ2) is 8.33. The molecule has 23 heavy (non-hydrogen) atoms. The van der Waals surface area contributed by atoms with Gasteiger partial charge in [0.05, 0.1) is 11.2 Å². The van der Waals surface area contributed by atoms with Crippen molar-refractivity contribution in [3.05, 3.63) is 36.5 Å². The molecule has 2 aromatic rings. The standard InChI is InChI=1S/C21H30N2/c1-2-3-4-7-17-11-13-18(14-12-17)16-23-20-10-5-8-19-9-6-15-22-21(19)20/h5-6,8-10,15,17-18,23H,2-4,7,11-14,16H2,1H3. The molecular formula is C21H30N2. The Morgan fingerprint density at radius 1 is 1.00 bits per heavy atom. The van der Waals surface area contributed by atoms with Crippen molar-refractivity contribution in [2.24, 2.45) is 11.8 Å². The maximum absolute atomic E-state index is 4.54. The summed E-state index contributed by atoms with van der Waals surface area (Å²) in [6.45, 7) is 3.39. The highest BCUT2D eigenvalue weighted by Gasteiger charge is 2.20. The van der Waals surface area contributed by atoms with Gasteiger partial charge in [0.15, 0.2) is 0 Å². The Balaban J connectivity index is 1.48. The van der Waals surface area contributed by atoms with Crippen LogP contribution in [0.1, 0.15) is 58.3 Å². The highest BCUT2D eigenvalue weighted by molar-refractivity contribution is 5.90. The first-order valence-corrected chi connectivity index (χ1v) is 9.44. The third kappa shape index (κ3) is 4.46. The van der Waals surface area contributed by atoms with Crippen LogP contribution in [-0.2, 0) is 0 Å². The van der Waals surface area contributed by atoms with E-state index in [0.29, 0.717) is 0 Å². The van der Waals surface area contributed by atoms with Crippen molar-refractivity contribution in [3.63, 3.8) is 0 Å². The highest BCUT2D eigenvalue weighted by atomic mass is 14.9. The smallest absolute Gasteiger partial charge is 0.0933 e. The summed E-state index contributed by atoms with van der Waals surface area (Å²) in [6.07, 6.45) is 13.2. The van der Waals surface area contributed by atoms with Gasteiger partial charge in [-0.2, -0.15) is 0 Å². The fourth-order valence-corrected chi connectivity index (χ4v) is 3.91. The molecule has 1 aromatic carbocycles. The summed E-state index contributed by atoms with van der Waals surface area (Å²) in [4.78, 5) is 4.54. The van der Waals surface area contributed by atoms with Gasteiger partial charge in [0.2, 0.25) is 0 Å². The monoisotopic (exact) mass is 310 g/mol. The van der Waals surface area contributed by atoms with Gasteiger partial charge in [-0.3, -0.25) is 4.98 Å². The van der Waals surface area contributed by atoms with E-state index < -0.39 is 0 Å². The molecule has 1 saturated carbocycles. The number of hydrogen-bond donors (Lipinski definition) is 1. The minimum Gasteiger partial charge on any atom is -0.383 e. The molecule has 1 aromatic heterocycles. The number of anilines is 1. The van der Waals surface area contributed by atoms with Gasteiger partial charge in [-0.25, -0.2) is 0 Å². The first kappa shape index (κ1) is 16.3. The van der Waals surface area contributed by atoms with E-state index in [-0.39, 0.29) is 0 Å². The summed E-state index contributed by atoms with van der Waals surface area (Å²) in [5.74, 6) is 1.83. The summed E-state index contributed by atoms with van der Waals surface area (Å²) in [5, 5.41) is 4.88. The Morgan fingerprint density at radius 3 is 2.61 bits per heavy atom. The Labute approximate surface area is 140 Å². The molecule has 0 radical (unpaired) electrons. The maximum atomic E-state index is 4.54. The lowest BCUT2D eigenvalue weighted by Gasteiger charge is -2.29. The first-order valence-electron chi connectivity index (χ1n) is 9.44.